The van der Waals surface area contributed by atoms with E-state index in [2.05, 4.69) is 4.72 Å². The Morgan fingerprint density at radius 1 is 0.880 bits per heavy atom. The molecule has 1 N–H and O–H groups in total. The molecule has 0 spiro atoms. The first-order chi connectivity index (χ1) is 12.1. The van der Waals surface area contributed by atoms with Gasteiger partial charge in [0.25, 0.3) is 0 Å². The van der Waals surface area contributed by atoms with Crippen LogP contribution in [-0.2, 0) is 11.4 Å². The van der Waals surface area contributed by atoms with Crippen molar-refractivity contribution in [2.75, 3.05) is 0 Å². The molecule has 0 saturated carbocycles. The second-order valence-electron chi connectivity index (χ2n) is 5.74. The molecule has 0 fully saturated rings. The van der Waals surface area contributed by atoms with Gasteiger partial charge in [-0.15, -0.1) is 4.72 Å². The van der Waals surface area contributed by atoms with Gasteiger partial charge in [-0.3, -0.25) is 4.79 Å². The zero-order chi connectivity index (χ0) is 17.6. The van der Waals surface area contributed by atoms with Gasteiger partial charge in [-0.05, 0) is 30.7 Å². The van der Waals surface area contributed by atoms with Crippen LogP contribution in [0, 0.1) is 0 Å². The van der Waals surface area contributed by atoms with Crippen molar-refractivity contribution in [3.05, 3.63) is 102 Å². The molecule has 25 heavy (non-hydrogen) atoms. The lowest BCUT2D eigenvalue weighted by Gasteiger charge is -2.17. The summed E-state index contributed by atoms with van der Waals surface area (Å²) in [6.07, 6.45) is 0. The third kappa shape index (κ3) is 4.37. The monoisotopic (exact) mass is 349 g/mol. The maximum Gasteiger partial charge on any atom is 0.193 e. The summed E-state index contributed by atoms with van der Waals surface area (Å²) >= 11 is -1.30. The summed E-state index contributed by atoms with van der Waals surface area (Å²) in [6, 6.07) is 25.8. The van der Waals surface area contributed by atoms with Crippen LogP contribution < -0.4 is 4.72 Å². The van der Waals surface area contributed by atoms with Crippen molar-refractivity contribution >= 4 is 17.1 Å². The van der Waals surface area contributed by atoms with Crippen LogP contribution in [0.3, 0.4) is 0 Å². The Hall–Kier alpha value is -2.40. The first-order valence-corrected chi connectivity index (χ1v) is 9.23. The average Bonchev–Trinajstić information content (AvgIpc) is 2.68. The van der Waals surface area contributed by atoms with Crippen LogP contribution in [0.25, 0.3) is 0 Å². The van der Waals surface area contributed by atoms with E-state index in [1.807, 2.05) is 73.7 Å². The van der Waals surface area contributed by atoms with Crippen LogP contribution in [0.15, 0.2) is 89.8 Å². The van der Waals surface area contributed by atoms with Gasteiger partial charge < -0.3 is 4.55 Å². The van der Waals surface area contributed by atoms with Crippen molar-refractivity contribution in [1.82, 2.24) is 4.72 Å². The minimum absolute atomic E-state index is 0.0150. The molecule has 2 atom stereocenters. The summed E-state index contributed by atoms with van der Waals surface area (Å²) in [5.41, 5.74) is 2.21. The maximum absolute atomic E-state index is 12.6. The molecular weight excluding hydrogens is 330 g/mol. The molecule has 0 aliphatic carbocycles. The average molecular weight is 349 g/mol. The second-order valence-corrected chi connectivity index (χ2v) is 6.99. The molecule has 4 heteroatoms. The molecule has 0 aromatic heterocycles. The highest BCUT2D eigenvalue weighted by Gasteiger charge is 2.17. The number of hydrogen-bond donors (Lipinski definition) is 1. The zero-order valence-electron chi connectivity index (χ0n) is 13.9. The van der Waals surface area contributed by atoms with Gasteiger partial charge in [0.15, 0.2) is 10.7 Å². The summed E-state index contributed by atoms with van der Waals surface area (Å²) in [6.45, 7) is 1.94. The number of hydrogen-bond acceptors (Lipinski definition) is 3. The number of ketones is 1. The van der Waals surface area contributed by atoms with Gasteiger partial charge in [-0.1, -0.05) is 66.7 Å². The molecule has 0 aliphatic heterocycles. The molecule has 3 aromatic carbocycles. The molecule has 126 valence electrons. The molecule has 0 heterocycles. The quantitative estimate of drug-likeness (QED) is 0.533. The van der Waals surface area contributed by atoms with Crippen molar-refractivity contribution in [3.8, 4) is 0 Å². The molecule has 0 radical (unpaired) electrons. The fourth-order valence-electron chi connectivity index (χ4n) is 2.55. The van der Waals surface area contributed by atoms with E-state index in [0.717, 1.165) is 10.5 Å². The normalized spacial score (nSPS) is 13.2. The highest BCUT2D eigenvalue weighted by Crippen LogP contribution is 2.19. The van der Waals surface area contributed by atoms with E-state index >= 15 is 0 Å². The number of benzene rings is 3. The molecule has 0 aliphatic rings. The molecular formula is C21H19NO2S. The van der Waals surface area contributed by atoms with Gasteiger partial charge >= 0.3 is 0 Å². The Morgan fingerprint density at radius 2 is 1.48 bits per heavy atom. The van der Waals surface area contributed by atoms with E-state index < -0.39 is 11.4 Å². The Kier molecular flexibility index (Phi) is 5.66. The Morgan fingerprint density at radius 3 is 2.16 bits per heavy atom. The Balaban J connectivity index is 1.76. The number of carbonyl (C=O) groups excluding carboxylic acids is 1. The first-order valence-electron chi connectivity index (χ1n) is 8.08. The summed E-state index contributed by atoms with van der Waals surface area (Å²) in [5, 5.41) is 0. The Bertz CT molecular complexity index is 837. The van der Waals surface area contributed by atoms with Crippen LogP contribution in [0.4, 0.5) is 0 Å². The zero-order valence-corrected chi connectivity index (χ0v) is 14.7. The summed E-state index contributed by atoms with van der Waals surface area (Å²) in [4.78, 5) is 13.3. The van der Waals surface area contributed by atoms with Crippen molar-refractivity contribution in [1.29, 1.82) is 0 Å². The summed E-state index contributed by atoms with van der Waals surface area (Å²) < 4.78 is 15.5. The third-order valence-corrected chi connectivity index (χ3v) is 5.19. The lowest BCUT2D eigenvalue weighted by molar-refractivity contribution is 0.103. The van der Waals surface area contributed by atoms with Gasteiger partial charge in [-0.25, -0.2) is 0 Å². The number of carbonyl (C=O) groups is 1. The lowest BCUT2D eigenvalue weighted by atomic mass is 9.99. The smallest absolute Gasteiger partial charge is 0.193 e. The topological polar surface area (TPSA) is 52.2 Å². The predicted molar refractivity (Wildman–Crippen MR) is 101 cm³/mol. The molecule has 3 nitrogen and oxygen atoms in total. The van der Waals surface area contributed by atoms with Gasteiger partial charge in [0.05, 0.1) is 17.4 Å². The standard InChI is InChI=1S/C21H19NO2S/c1-16(22-25(24)20-13-6-3-7-14-20)18-11-8-12-19(15-18)21(23)17-9-4-2-5-10-17/h2-16,22H,1H3/t16-,25?/m1/s1. The van der Waals surface area contributed by atoms with E-state index in [9.17, 15) is 9.35 Å². The first kappa shape index (κ1) is 17.4. The van der Waals surface area contributed by atoms with Crippen LogP contribution in [0.2, 0.25) is 0 Å². The van der Waals surface area contributed by atoms with Crippen molar-refractivity contribution < 1.29 is 9.35 Å². The minimum atomic E-state index is -1.30. The van der Waals surface area contributed by atoms with E-state index in [-0.39, 0.29) is 11.8 Å². The van der Waals surface area contributed by atoms with Crippen LogP contribution in [0.1, 0.15) is 34.5 Å². The molecule has 3 aromatic rings. The van der Waals surface area contributed by atoms with Gasteiger partial charge in [0, 0.05) is 11.1 Å². The van der Waals surface area contributed by atoms with Crippen LogP contribution >= 0.6 is 0 Å². The van der Waals surface area contributed by atoms with Crippen LogP contribution in [0.5, 0.6) is 0 Å². The van der Waals surface area contributed by atoms with Gasteiger partial charge in [0.1, 0.15) is 0 Å². The maximum atomic E-state index is 12.6. The Labute approximate surface area is 151 Å². The minimum Gasteiger partial charge on any atom is -0.593 e. The largest absolute Gasteiger partial charge is 0.593 e. The SMILES string of the molecule is C[C@@H](N[S+]([O-])c1ccccc1)c1cccc(C(=O)c2ccccc2)c1. The number of rotatable bonds is 6. The molecule has 3 rings (SSSR count). The van der Waals surface area contributed by atoms with Crippen molar-refractivity contribution in [3.63, 3.8) is 0 Å². The van der Waals surface area contributed by atoms with E-state index in [4.69, 9.17) is 0 Å². The number of nitrogens with one attached hydrogen (secondary N) is 1. The van der Waals surface area contributed by atoms with E-state index in [0.29, 0.717) is 11.1 Å². The van der Waals surface area contributed by atoms with E-state index in [1.165, 1.54) is 0 Å². The lowest BCUT2D eigenvalue weighted by Crippen LogP contribution is -2.27. The van der Waals surface area contributed by atoms with E-state index in [1.54, 1.807) is 18.2 Å². The summed E-state index contributed by atoms with van der Waals surface area (Å²) in [7, 11) is 0. The fourth-order valence-corrected chi connectivity index (χ4v) is 3.54. The highest BCUT2D eigenvalue weighted by atomic mass is 32.2. The molecule has 0 bridgehead atoms. The molecule has 0 amide bonds. The third-order valence-electron chi connectivity index (χ3n) is 3.93. The van der Waals surface area contributed by atoms with Crippen LogP contribution in [-0.4, -0.2) is 10.3 Å². The highest BCUT2D eigenvalue weighted by molar-refractivity contribution is 7.89. The van der Waals surface area contributed by atoms with Gasteiger partial charge in [-0.2, -0.15) is 0 Å². The molecule has 1 unspecified atom stereocenters. The molecule has 0 saturated heterocycles. The van der Waals surface area contributed by atoms with Crippen molar-refractivity contribution in [2.24, 2.45) is 0 Å². The second kappa shape index (κ2) is 8.12. The summed E-state index contributed by atoms with van der Waals surface area (Å²) in [5.74, 6) is -0.0150. The van der Waals surface area contributed by atoms with Crippen molar-refractivity contribution in [2.45, 2.75) is 17.9 Å². The predicted octanol–water partition coefficient (Wildman–Crippen LogP) is 4.29. The fraction of sp³-hybridized carbons (Fsp3) is 0.0952. The van der Waals surface area contributed by atoms with Gasteiger partial charge in [0.2, 0.25) is 0 Å².